The Bertz CT molecular complexity index is 998. The standard InChI is InChI=1S/C17H13F3N4O5/c18-17(19,20)11-7-10(2-1-9(11)8-21)24-4-3-12(22-24)23-5-6-29-14(15(23)26)13(25)16(27)28/h1-4,7,13-14,25H,5-6H2,(H,27,28)/t13?,14-/m1/s1. The second kappa shape index (κ2) is 7.53. The highest BCUT2D eigenvalue weighted by Gasteiger charge is 2.40. The zero-order valence-electron chi connectivity index (χ0n) is 14.5. The molecule has 2 aromatic rings. The Kier molecular flexibility index (Phi) is 5.27. The van der Waals surface area contributed by atoms with Crippen molar-refractivity contribution in [1.29, 1.82) is 5.26 Å². The number of rotatable bonds is 4. The van der Waals surface area contributed by atoms with E-state index in [1.165, 1.54) is 24.4 Å². The molecular formula is C17H13F3N4O5. The summed E-state index contributed by atoms with van der Waals surface area (Å²) in [6, 6.07) is 5.86. The maximum absolute atomic E-state index is 13.1. The van der Waals surface area contributed by atoms with Crippen LogP contribution in [0.15, 0.2) is 30.5 Å². The number of anilines is 1. The number of aliphatic carboxylic acids is 1. The first-order chi connectivity index (χ1) is 13.6. The third kappa shape index (κ3) is 3.91. The highest BCUT2D eigenvalue weighted by Crippen LogP contribution is 2.33. The van der Waals surface area contributed by atoms with Gasteiger partial charge in [0, 0.05) is 12.3 Å². The van der Waals surface area contributed by atoms with Crippen LogP contribution in [0.1, 0.15) is 11.1 Å². The van der Waals surface area contributed by atoms with E-state index >= 15 is 0 Å². The summed E-state index contributed by atoms with van der Waals surface area (Å²) in [6.07, 6.45) is -7.13. The van der Waals surface area contributed by atoms with Gasteiger partial charge in [0.2, 0.25) is 0 Å². The Morgan fingerprint density at radius 2 is 2.10 bits per heavy atom. The van der Waals surface area contributed by atoms with Crippen molar-refractivity contribution in [3.8, 4) is 11.8 Å². The van der Waals surface area contributed by atoms with Crippen molar-refractivity contribution >= 4 is 17.7 Å². The molecule has 0 bridgehead atoms. The molecule has 12 heteroatoms. The molecule has 29 heavy (non-hydrogen) atoms. The van der Waals surface area contributed by atoms with Gasteiger partial charge in [0.05, 0.1) is 36.0 Å². The van der Waals surface area contributed by atoms with Crippen LogP contribution in [0.5, 0.6) is 0 Å². The van der Waals surface area contributed by atoms with Crippen LogP contribution in [0.3, 0.4) is 0 Å². The van der Waals surface area contributed by atoms with Crippen LogP contribution in [0.25, 0.3) is 5.69 Å². The zero-order valence-corrected chi connectivity index (χ0v) is 14.5. The third-order valence-electron chi connectivity index (χ3n) is 4.21. The van der Waals surface area contributed by atoms with Crippen LogP contribution in [0.2, 0.25) is 0 Å². The quantitative estimate of drug-likeness (QED) is 0.768. The lowest BCUT2D eigenvalue weighted by molar-refractivity contribution is -0.163. The number of carboxylic acid groups (broad SMARTS) is 1. The number of nitriles is 1. The number of hydrogen-bond donors (Lipinski definition) is 2. The first kappa shape index (κ1) is 20.3. The molecule has 2 atom stereocenters. The summed E-state index contributed by atoms with van der Waals surface area (Å²) < 4.78 is 45.5. The number of carbonyl (C=O) groups excluding carboxylic acids is 1. The Morgan fingerprint density at radius 1 is 1.38 bits per heavy atom. The smallest absolute Gasteiger partial charge is 0.417 e. The van der Waals surface area contributed by atoms with Crippen molar-refractivity contribution in [2.24, 2.45) is 0 Å². The number of aliphatic hydroxyl groups excluding tert-OH is 1. The van der Waals surface area contributed by atoms with E-state index < -0.39 is 41.4 Å². The largest absolute Gasteiger partial charge is 0.479 e. The first-order valence-corrected chi connectivity index (χ1v) is 8.14. The highest BCUT2D eigenvalue weighted by atomic mass is 19.4. The number of aliphatic hydroxyl groups is 1. The Hall–Kier alpha value is -3.43. The van der Waals surface area contributed by atoms with E-state index in [1.54, 1.807) is 0 Å². The van der Waals surface area contributed by atoms with Crippen LogP contribution in [0, 0.1) is 11.3 Å². The van der Waals surface area contributed by atoms with Gasteiger partial charge >= 0.3 is 12.1 Å². The zero-order chi connectivity index (χ0) is 21.3. The Balaban J connectivity index is 1.91. The summed E-state index contributed by atoms with van der Waals surface area (Å²) in [4.78, 5) is 24.4. The summed E-state index contributed by atoms with van der Waals surface area (Å²) >= 11 is 0. The number of aromatic nitrogens is 2. The molecule has 2 N–H and O–H groups in total. The molecule has 1 aromatic heterocycles. The average molecular weight is 410 g/mol. The molecule has 1 aromatic carbocycles. The van der Waals surface area contributed by atoms with Crippen molar-refractivity contribution in [2.75, 3.05) is 18.1 Å². The number of nitrogens with zero attached hydrogens (tertiary/aromatic N) is 4. The van der Waals surface area contributed by atoms with Crippen molar-refractivity contribution in [1.82, 2.24) is 9.78 Å². The molecule has 0 saturated carbocycles. The van der Waals surface area contributed by atoms with Gasteiger partial charge in [-0.3, -0.25) is 9.69 Å². The molecule has 1 fully saturated rings. The minimum atomic E-state index is -4.74. The molecule has 9 nitrogen and oxygen atoms in total. The highest BCUT2D eigenvalue weighted by molar-refractivity contribution is 5.99. The fraction of sp³-hybridized carbons (Fsp3) is 0.294. The SMILES string of the molecule is N#Cc1ccc(-n2ccc(N3CCO[C@H](C(O)C(=O)O)C3=O)n2)cc1C(F)(F)F. The summed E-state index contributed by atoms with van der Waals surface area (Å²) in [6.45, 7) is -0.0530. The summed E-state index contributed by atoms with van der Waals surface area (Å²) in [7, 11) is 0. The minimum absolute atomic E-state index is 0.00500. The number of morpholine rings is 1. The number of carbonyl (C=O) groups is 2. The molecule has 152 valence electrons. The van der Waals surface area contributed by atoms with Crippen LogP contribution in [-0.2, 0) is 20.5 Å². The Labute approximate surface area is 161 Å². The van der Waals surface area contributed by atoms with Gasteiger partial charge in [0.25, 0.3) is 5.91 Å². The topological polar surface area (TPSA) is 129 Å². The number of alkyl halides is 3. The van der Waals surface area contributed by atoms with E-state index in [0.717, 1.165) is 21.7 Å². The third-order valence-corrected chi connectivity index (χ3v) is 4.21. The maximum atomic E-state index is 13.1. The fourth-order valence-electron chi connectivity index (χ4n) is 2.80. The minimum Gasteiger partial charge on any atom is -0.479 e. The molecule has 1 unspecified atom stereocenters. The molecular weight excluding hydrogens is 397 g/mol. The van der Waals surface area contributed by atoms with Gasteiger partial charge in [-0.2, -0.15) is 18.4 Å². The molecule has 3 rings (SSSR count). The second-order valence-electron chi connectivity index (χ2n) is 6.02. The number of halogens is 3. The van der Waals surface area contributed by atoms with Gasteiger partial charge in [0.15, 0.2) is 18.0 Å². The molecule has 1 amide bonds. The predicted octanol–water partition coefficient (Wildman–Crippen LogP) is 0.940. The molecule has 0 radical (unpaired) electrons. The second-order valence-corrected chi connectivity index (χ2v) is 6.02. The normalized spacial score (nSPS) is 18.4. The van der Waals surface area contributed by atoms with E-state index in [4.69, 9.17) is 15.1 Å². The molecule has 1 saturated heterocycles. The van der Waals surface area contributed by atoms with Gasteiger partial charge < -0.3 is 14.9 Å². The van der Waals surface area contributed by atoms with Crippen LogP contribution < -0.4 is 4.90 Å². The van der Waals surface area contributed by atoms with Gasteiger partial charge in [0.1, 0.15) is 0 Å². The predicted molar refractivity (Wildman–Crippen MR) is 89.0 cm³/mol. The van der Waals surface area contributed by atoms with E-state index in [2.05, 4.69) is 5.10 Å². The number of benzene rings is 1. The number of carboxylic acids is 1. The molecule has 0 aliphatic carbocycles. The molecule has 1 aliphatic heterocycles. The number of ether oxygens (including phenoxy) is 1. The van der Waals surface area contributed by atoms with E-state index in [-0.39, 0.29) is 24.7 Å². The molecule has 0 spiro atoms. The lowest BCUT2D eigenvalue weighted by Gasteiger charge is -2.31. The average Bonchev–Trinajstić information content (AvgIpc) is 3.16. The molecule has 2 heterocycles. The number of hydrogen-bond acceptors (Lipinski definition) is 6. The lowest BCUT2D eigenvalue weighted by atomic mass is 10.1. The maximum Gasteiger partial charge on any atom is 0.417 e. The van der Waals surface area contributed by atoms with Gasteiger partial charge in [-0.05, 0) is 18.2 Å². The van der Waals surface area contributed by atoms with Crippen molar-refractivity contribution in [3.05, 3.63) is 41.6 Å². The number of amides is 1. The molecule has 1 aliphatic rings. The summed E-state index contributed by atoms with van der Waals surface area (Å²) in [5.74, 6) is -2.43. The van der Waals surface area contributed by atoms with Gasteiger partial charge in [-0.1, -0.05) is 0 Å². The van der Waals surface area contributed by atoms with Crippen LogP contribution in [0.4, 0.5) is 19.0 Å². The van der Waals surface area contributed by atoms with Crippen molar-refractivity contribution in [3.63, 3.8) is 0 Å². The van der Waals surface area contributed by atoms with Gasteiger partial charge in [-0.15, -0.1) is 5.10 Å². The van der Waals surface area contributed by atoms with Crippen LogP contribution >= 0.6 is 0 Å². The van der Waals surface area contributed by atoms with E-state index in [1.807, 2.05) is 0 Å². The Morgan fingerprint density at radius 3 is 2.72 bits per heavy atom. The van der Waals surface area contributed by atoms with Crippen LogP contribution in [-0.4, -0.2) is 57.2 Å². The summed E-state index contributed by atoms with van der Waals surface area (Å²) in [5, 5.41) is 31.4. The van der Waals surface area contributed by atoms with Crippen molar-refractivity contribution < 1.29 is 37.7 Å². The first-order valence-electron chi connectivity index (χ1n) is 8.14. The van der Waals surface area contributed by atoms with Crippen molar-refractivity contribution in [2.45, 2.75) is 18.4 Å². The van der Waals surface area contributed by atoms with E-state index in [9.17, 15) is 27.9 Å². The summed E-state index contributed by atoms with van der Waals surface area (Å²) in [5.41, 5.74) is -1.66. The van der Waals surface area contributed by atoms with Gasteiger partial charge in [-0.25, -0.2) is 9.48 Å². The lowest BCUT2D eigenvalue weighted by Crippen LogP contribution is -2.54. The fourth-order valence-corrected chi connectivity index (χ4v) is 2.80. The van der Waals surface area contributed by atoms with E-state index in [0.29, 0.717) is 0 Å². The monoisotopic (exact) mass is 410 g/mol.